The van der Waals surface area contributed by atoms with E-state index in [1.54, 1.807) is 0 Å². The maximum absolute atomic E-state index is 12.7. The van der Waals surface area contributed by atoms with Gasteiger partial charge in [0.1, 0.15) is 0 Å². The van der Waals surface area contributed by atoms with Crippen molar-refractivity contribution in [3.05, 3.63) is 99.8 Å². The Bertz CT molecular complexity index is 1210. The minimum absolute atomic E-state index is 0.643. The molecule has 2 N–H and O–H groups in total. The standard InChI is InChI=1S/C25H20F3IN2/c1-16(30-13-12-20-15-31-24-11-10-22(29)14-23(20)24)17-2-4-18(5-3-17)19-6-8-21(9-7-19)25(26,27)28/h2-11,14-15,30-31H,1,12-13H2. The topological polar surface area (TPSA) is 27.8 Å². The molecule has 0 aliphatic rings. The van der Waals surface area contributed by atoms with Crippen molar-refractivity contribution in [2.24, 2.45) is 0 Å². The summed E-state index contributed by atoms with van der Waals surface area (Å²) in [6.45, 7) is 4.86. The van der Waals surface area contributed by atoms with Crippen LogP contribution >= 0.6 is 22.6 Å². The summed E-state index contributed by atoms with van der Waals surface area (Å²) in [7, 11) is 0. The van der Waals surface area contributed by atoms with Crippen LogP contribution in [0.4, 0.5) is 13.2 Å². The maximum atomic E-state index is 12.7. The van der Waals surface area contributed by atoms with Gasteiger partial charge in [0.05, 0.1) is 5.56 Å². The lowest BCUT2D eigenvalue weighted by Crippen LogP contribution is -2.14. The van der Waals surface area contributed by atoms with Gasteiger partial charge in [-0.2, -0.15) is 13.2 Å². The van der Waals surface area contributed by atoms with E-state index in [0.29, 0.717) is 0 Å². The fraction of sp³-hybridized carbons (Fsp3) is 0.120. The number of hydrogen-bond acceptors (Lipinski definition) is 1. The Hall–Kier alpha value is -2.74. The predicted molar refractivity (Wildman–Crippen MR) is 129 cm³/mol. The molecule has 0 spiro atoms. The third kappa shape index (κ3) is 4.95. The van der Waals surface area contributed by atoms with Crippen molar-refractivity contribution < 1.29 is 13.2 Å². The average Bonchev–Trinajstić information content (AvgIpc) is 3.15. The van der Waals surface area contributed by atoms with Crippen LogP contribution in [-0.2, 0) is 12.6 Å². The summed E-state index contributed by atoms with van der Waals surface area (Å²) in [6, 6.07) is 19.2. The molecule has 2 nitrogen and oxygen atoms in total. The van der Waals surface area contributed by atoms with Crippen LogP contribution in [0.2, 0.25) is 0 Å². The van der Waals surface area contributed by atoms with E-state index in [0.717, 1.165) is 53.0 Å². The van der Waals surface area contributed by atoms with Crippen LogP contribution < -0.4 is 5.32 Å². The Morgan fingerprint density at radius 1 is 0.935 bits per heavy atom. The number of nitrogens with one attached hydrogen (secondary N) is 2. The molecule has 0 fully saturated rings. The number of aromatic amines is 1. The number of fused-ring (bicyclic) bond motifs is 1. The Morgan fingerprint density at radius 2 is 1.58 bits per heavy atom. The molecule has 0 unspecified atom stereocenters. The number of H-pyrrole nitrogens is 1. The normalized spacial score (nSPS) is 11.6. The number of alkyl halides is 3. The van der Waals surface area contributed by atoms with Crippen molar-refractivity contribution in [2.45, 2.75) is 12.6 Å². The SMILES string of the molecule is C=C(NCCc1c[nH]c2ccc(I)cc12)c1ccc(-c2ccc(C(F)(F)F)cc2)cc1. The van der Waals surface area contributed by atoms with Crippen LogP contribution in [0.15, 0.2) is 79.5 Å². The molecule has 0 saturated heterocycles. The molecule has 4 aromatic rings. The first kappa shape index (κ1) is 21.5. The summed E-state index contributed by atoms with van der Waals surface area (Å²) in [5.74, 6) is 0. The van der Waals surface area contributed by atoms with Crippen LogP contribution in [0.3, 0.4) is 0 Å². The summed E-state index contributed by atoms with van der Waals surface area (Å²) in [4.78, 5) is 3.30. The van der Waals surface area contributed by atoms with Crippen molar-refractivity contribution in [2.75, 3.05) is 6.54 Å². The summed E-state index contributed by atoms with van der Waals surface area (Å²) in [6.07, 6.45) is -1.41. The first-order valence-electron chi connectivity index (χ1n) is 9.77. The fourth-order valence-corrected chi connectivity index (χ4v) is 4.01. The molecule has 4 rings (SSSR count). The van der Waals surface area contributed by atoms with Gasteiger partial charge < -0.3 is 10.3 Å². The molecular weight excluding hydrogens is 512 g/mol. The number of rotatable bonds is 6. The lowest BCUT2D eigenvalue weighted by Gasteiger charge is -2.11. The maximum Gasteiger partial charge on any atom is 0.416 e. The highest BCUT2D eigenvalue weighted by atomic mass is 127. The van der Waals surface area contributed by atoms with E-state index < -0.39 is 11.7 Å². The molecule has 6 heteroatoms. The van der Waals surface area contributed by atoms with Gasteiger partial charge in [0, 0.05) is 32.9 Å². The van der Waals surface area contributed by atoms with Gasteiger partial charge in [-0.1, -0.05) is 43.0 Å². The molecule has 0 radical (unpaired) electrons. The molecule has 0 atom stereocenters. The molecule has 0 aliphatic carbocycles. The van der Waals surface area contributed by atoms with Crippen LogP contribution in [0.25, 0.3) is 27.7 Å². The van der Waals surface area contributed by atoms with Gasteiger partial charge >= 0.3 is 6.18 Å². The lowest BCUT2D eigenvalue weighted by molar-refractivity contribution is -0.137. The Labute approximate surface area is 192 Å². The van der Waals surface area contributed by atoms with Crippen LogP contribution in [-0.4, -0.2) is 11.5 Å². The Balaban J connectivity index is 1.37. The molecular formula is C25H20F3IN2. The highest BCUT2D eigenvalue weighted by Crippen LogP contribution is 2.31. The summed E-state index contributed by atoms with van der Waals surface area (Å²) in [5.41, 5.74) is 5.11. The predicted octanol–water partition coefficient (Wildman–Crippen LogP) is 7.26. The molecule has 1 aromatic heterocycles. The summed E-state index contributed by atoms with van der Waals surface area (Å²) >= 11 is 2.32. The van der Waals surface area contributed by atoms with Crippen LogP contribution in [0.5, 0.6) is 0 Å². The monoisotopic (exact) mass is 532 g/mol. The van der Waals surface area contributed by atoms with E-state index in [1.807, 2.05) is 30.5 Å². The molecule has 158 valence electrons. The molecule has 0 aliphatic heterocycles. The minimum Gasteiger partial charge on any atom is -0.385 e. The zero-order chi connectivity index (χ0) is 22.0. The molecule has 1 heterocycles. The number of benzene rings is 3. The van der Waals surface area contributed by atoms with Crippen molar-refractivity contribution in [1.82, 2.24) is 10.3 Å². The van der Waals surface area contributed by atoms with Crippen molar-refractivity contribution in [3.63, 3.8) is 0 Å². The van der Waals surface area contributed by atoms with Crippen molar-refractivity contribution in [1.29, 1.82) is 0 Å². The Kier molecular flexibility index (Phi) is 6.09. The van der Waals surface area contributed by atoms with Crippen LogP contribution in [0.1, 0.15) is 16.7 Å². The van der Waals surface area contributed by atoms with Gasteiger partial charge in [-0.3, -0.25) is 0 Å². The van der Waals surface area contributed by atoms with Crippen LogP contribution in [0, 0.1) is 3.57 Å². The van der Waals surface area contributed by atoms with Gasteiger partial charge in [-0.25, -0.2) is 0 Å². The summed E-state index contributed by atoms with van der Waals surface area (Å²) < 4.78 is 39.4. The quantitative estimate of drug-likeness (QED) is 0.252. The van der Waals surface area contributed by atoms with Gasteiger partial charge in [0.2, 0.25) is 0 Å². The van der Waals surface area contributed by atoms with E-state index in [1.165, 1.54) is 26.7 Å². The zero-order valence-electron chi connectivity index (χ0n) is 16.6. The average molecular weight is 532 g/mol. The fourth-order valence-electron chi connectivity index (χ4n) is 3.52. The minimum atomic E-state index is -4.32. The number of halogens is 4. The largest absolute Gasteiger partial charge is 0.416 e. The summed E-state index contributed by atoms with van der Waals surface area (Å²) in [5, 5.41) is 4.60. The second-order valence-electron chi connectivity index (χ2n) is 7.31. The zero-order valence-corrected chi connectivity index (χ0v) is 18.7. The molecule has 3 aromatic carbocycles. The molecule has 0 bridgehead atoms. The first-order chi connectivity index (χ1) is 14.8. The number of hydrogen-bond donors (Lipinski definition) is 2. The lowest BCUT2D eigenvalue weighted by atomic mass is 10.0. The molecule has 0 amide bonds. The smallest absolute Gasteiger partial charge is 0.385 e. The first-order valence-corrected chi connectivity index (χ1v) is 10.9. The van der Waals surface area contributed by atoms with Crippen molar-refractivity contribution in [3.8, 4) is 11.1 Å². The van der Waals surface area contributed by atoms with E-state index in [4.69, 9.17) is 0 Å². The van der Waals surface area contributed by atoms with E-state index in [2.05, 4.69) is 57.7 Å². The van der Waals surface area contributed by atoms with Gasteiger partial charge in [0.15, 0.2) is 0 Å². The number of aromatic nitrogens is 1. The van der Waals surface area contributed by atoms with E-state index >= 15 is 0 Å². The molecule has 0 saturated carbocycles. The van der Waals surface area contributed by atoms with Crippen molar-refractivity contribution >= 4 is 39.2 Å². The van der Waals surface area contributed by atoms with Gasteiger partial charge in [-0.15, -0.1) is 0 Å². The van der Waals surface area contributed by atoms with Gasteiger partial charge in [0.25, 0.3) is 0 Å². The highest BCUT2D eigenvalue weighted by Gasteiger charge is 2.29. The second-order valence-corrected chi connectivity index (χ2v) is 8.56. The molecule has 31 heavy (non-hydrogen) atoms. The Morgan fingerprint density at radius 3 is 2.23 bits per heavy atom. The van der Waals surface area contributed by atoms with Gasteiger partial charge in [-0.05, 0) is 81.6 Å². The van der Waals surface area contributed by atoms with E-state index in [9.17, 15) is 13.2 Å². The highest BCUT2D eigenvalue weighted by molar-refractivity contribution is 14.1. The van der Waals surface area contributed by atoms with E-state index in [-0.39, 0.29) is 0 Å². The third-order valence-electron chi connectivity index (χ3n) is 5.24. The second kappa shape index (κ2) is 8.78. The third-order valence-corrected chi connectivity index (χ3v) is 5.91.